The molecule has 1 aromatic rings. The summed E-state index contributed by atoms with van der Waals surface area (Å²) >= 11 is 0. The molecule has 3 rings (SSSR count). The summed E-state index contributed by atoms with van der Waals surface area (Å²) < 4.78 is 0. The molecule has 0 saturated carbocycles. The first-order valence-corrected chi connectivity index (χ1v) is 6.94. The molecule has 5 heteroatoms. The Labute approximate surface area is 117 Å². The Morgan fingerprint density at radius 2 is 2.10 bits per heavy atom. The van der Waals surface area contributed by atoms with Crippen LogP contribution < -0.4 is 5.32 Å². The number of likely N-dealkylation sites (N-methyl/N-ethyl adjacent to an activating group) is 1. The first kappa shape index (κ1) is 13.1. The Hall–Kier alpha value is -1.88. The van der Waals surface area contributed by atoms with Crippen molar-refractivity contribution in [3.63, 3.8) is 0 Å². The fourth-order valence-electron chi connectivity index (χ4n) is 3.09. The van der Waals surface area contributed by atoms with E-state index in [2.05, 4.69) is 5.32 Å². The second-order valence-corrected chi connectivity index (χ2v) is 5.54. The summed E-state index contributed by atoms with van der Waals surface area (Å²) in [6, 6.07) is 4.98. The molecule has 5 nitrogen and oxygen atoms in total. The summed E-state index contributed by atoms with van der Waals surface area (Å²) in [5, 5.41) is 12.9. The van der Waals surface area contributed by atoms with Gasteiger partial charge in [0.1, 0.15) is 5.75 Å². The highest BCUT2D eigenvalue weighted by atomic mass is 16.3. The van der Waals surface area contributed by atoms with Gasteiger partial charge in [0.15, 0.2) is 0 Å². The Kier molecular flexibility index (Phi) is 3.22. The van der Waals surface area contributed by atoms with Crippen LogP contribution in [0, 0.1) is 0 Å². The van der Waals surface area contributed by atoms with Gasteiger partial charge >= 0.3 is 0 Å². The number of hydrogen-bond acceptors (Lipinski definition) is 4. The van der Waals surface area contributed by atoms with E-state index in [-0.39, 0.29) is 30.0 Å². The molecule has 2 amide bonds. The summed E-state index contributed by atoms with van der Waals surface area (Å²) in [6.07, 6.45) is 3.17. The molecule has 1 aliphatic heterocycles. The van der Waals surface area contributed by atoms with Crippen molar-refractivity contribution in [1.29, 1.82) is 0 Å². The zero-order valence-electron chi connectivity index (χ0n) is 11.4. The summed E-state index contributed by atoms with van der Waals surface area (Å²) in [5.41, 5.74) is 2.25. The van der Waals surface area contributed by atoms with Gasteiger partial charge in [-0.2, -0.15) is 0 Å². The number of carbonyl (C=O) groups is 2. The molecule has 1 saturated heterocycles. The Bertz CT molecular complexity index is 570. The van der Waals surface area contributed by atoms with Crippen LogP contribution in [0.2, 0.25) is 0 Å². The molecule has 2 N–H and O–H groups in total. The number of carbonyl (C=O) groups excluding carboxylic acids is 2. The third-order valence-electron chi connectivity index (χ3n) is 4.23. The van der Waals surface area contributed by atoms with Gasteiger partial charge in [-0.1, -0.05) is 6.07 Å². The average molecular weight is 274 g/mol. The topological polar surface area (TPSA) is 69.6 Å². The van der Waals surface area contributed by atoms with E-state index < -0.39 is 6.04 Å². The molecule has 1 heterocycles. The van der Waals surface area contributed by atoms with Crippen molar-refractivity contribution in [2.24, 2.45) is 0 Å². The SMILES string of the molecule is CN1C(=O)CC(NC2CCCc3ccc(O)cc32)C1=O. The highest BCUT2D eigenvalue weighted by molar-refractivity contribution is 6.05. The lowest BCUT2D eigenvalue weighted by atomic mass is 9.87. The van der Waals surface area contributed by atoms with Crippen LogP contribution in [-0.2, 0) is 16.0 Å². The van der Waals surface area contributed by atoms with E-state index in [1.807, 2.05) is 6.07 Å². The van der Waals surface area contributed by atoms with Crippen LogP contribution in [0.1, 0.15) is 36.4 Å². The van der Waals surface area contributed by atoms with Gasteiger partial charge in [-0.25, -0.2) is 0 Å². The molecule has 1 aromatic carbocycles. The normalized spacial score (nSPS) is 25.9. The van der Waals surface area contributed by atoms with Crippen molar-refractivity contribution in [2.45, 2.75) is 37.8 Å². The number of fused-ring (bicyclic) bond motifs is 1. The van der Waals surface area contributed by atoms with Gasteiger partial charge in [0.2, 0.25) is 11.8 Å². The summed E-state index contributed by atoms with van der Waals surface area (Å²) in [7, 11) is 1.52. The molecule has 0 aromatic heterocycles. The van der Waals surface area contributed by atoms with Gasteiger partial charge in [0.05, 0.1) is 12.5 Å². The fourth-order valence-corrected chi connectivity index (χ4v) is 3.09. The van der Waals surface area contributed by atoms with E-state index in [9.17, 15) is 14.7 Å². The summed E-state index contributed by atoms with van der Waals surface area (Å²) in [6.45, 7) is 0. The molecule has 0 radical (unpaired) electrons. The number of rotatable bonds is 2. The number of phenolic OH excluding ortho intramolecular Hbond substituents is 1. The first-order valence-electron chi connectivity index (χ1n) is 6.94. The van der Waals surface area contributed by atoms with E-state index >= 15 is 0 Å². The lowest BCUT2D eigenvalue weighted by molar-refractivity contribution is -0.137. The van der Waals surface area contributed by atoms with Gasteiger partial charge in [-0.3, -0.25) is 19.8 Å². The molecule has 20 heavy (non-hydrogen) atoms. The summed E-state index contributed by atoms with van der Waals surface area (Å²) in [4.78, 5) is 24.7. The van der Waals surface area contributed by atoms with Gasteiger partial charge in [-0.15, -0.1) is 0 Å². The van der Waals surface area contributed by atoms with E-state index in [1.54, 1.807) is 12.1 Å². The number of aryl methyl sites for hydroxylation is 1. The second-order valence-electron chi connectivity index (χ2n) is 5.54. The van der Waals surface area contributed by atoms with E-state index in [0.717, 1.165) is 24.8 Å². The zero-order chi connectivity index (χ0) is 14.3. The monoisotopic (exact) mass is 274 g/mol. The molecule has 2 unspecified atom stereocenters. The first-order chi connectivity index (χ1) is 9.56. The lowest BCUT2D eigenvalue weighted by Gasteiger charge is -2.28. The maximum atomic E-state index is 12.0. The summed E-state index contributed by atoms with van der Waals surface area (Å²) in [5.74, 6) is -0.0647. The Morgan fingerprint density at radius 3 is 2.80 bits per heavy atom. The second kappa shape index (κ2) is 4.90. The number of phenols is 1. The molecule has 2 atom stereocenters. The molecule has 106 valence electrons. The van der Waals surface area contributed by atoms with E-state index in [4.69, 9.17) is 0 Å². The number of imide groups is 1. The minimum absolute atomic E-state index is 0.0269. The maximum absolute atomic E-state index is 12.0. The molecule has 2 aliphatic rings. The van der Waals surface area contributed by atoms with Crippen molar-refractivity contribution in [2.75, 3.05) is 7.05 Å². The van der Waals surface area contributed by atoms with Gasteiger partial charge in [0, 0.05) is 13.1 Å². The third-order valence-corrected chi connectivity index (χ3v) is 4.23. The van der Waals surface area contributed by atoms with Crippen LogP contribution in [0.4, 0.5) is 0 Å². The fraction of sp³-hybridized carbons (Fsp3) is 0.467. The molecule has 0 spiro atoms. The Balaban J connectivity index is 1.82. The molecular formula is C15H18N2O3. The number of nitrogens with zero attached hydrogens (tertiary/aromatic N) is 1. The molecule has 1 fully saturated rings. The molecule has 1 aliphatic carbocycles. The van der Waals surface area contributed by atoms with Gasteiger partial charge in [-0.05, 0) is 42.5 Å². The number of likely N-dealkylation sites (tertiary alicyclic amines) is 1. The highest BCUT2D eigenvalue weighted by Crippen LogP contribution is 2.33. The maximum Gasteiger partial charge on any atom is 0.246 e. The smallest absolute Gasteiger partial charge is 0.246 e. The van der Waals surface area contributed by atoms with Crippen molar-refractivity contribution in [1.82, 2.24) is 10.2 Å². The predicted octanol–water partition coefficient (Wildman–Crippen LogP) is 1.12. The van der Waals surface area contributed by atoms with Crippen LogP contribution in [0.25, 0.3) is 0 Å². The minimum atomic E-state index is -0.439. The number of benzene rings is 1. The molecule has 0 bridgehead atoms. The minimum Gasteiger partial charge on any atom is -0.508 e. The quantitative estimate of drug-likeness (QED) is 0.793. The van der Waals surface area contributed by atoms with Crippen molar-refractivity contribution < 1.29 is 14.7 Å². The standard InChI is InChI=1S/C15H18N2O3/c1-17-14(19)8-13(15(17)20)16-12-4-2-3-9-5-6-10(18)7-11(9)12/h5-7,12-13,16,18H,2-4,8H2,1H3. The van der Waals surface area contributed by atoms with Crippen LogP contribution in [-0.4, -0.2) is 34.9 Å². The van der Waals surface area contributed by atoms with Gasteiger partial charge < -0.3 is 5.11 Å². The van der Waals surface area contributed by atoms with Crippen molar-refractivity contribution in [3.8, 4) is 5.75 Å². The molecular weight excluding hydrogens is 256 g/mol. The number of aromatic hydroxyl groups is 1. The van der Waals surface area contributed by atoms with Crippen LogP contribution in [0.3, 0.4) is 0 Å². The predicted molar refractivity (Wildman–Crippen MR) is 73.1 cm³/mol. The number of nitrogens with one attached hydrogen (secondary N) is 1. The zero-order valence-corrected chi connectivity index (χ0v) is 11.4. The van der Waals surface area contributed by atoms with Gasteiger partial charge in [0.25, 0.3) is 0 Å². The van der Waals surface area contributed by atoms with Crippen molar-refractivity contribution >= 4 is 11.8 Å². The highest BCUT2D eigenvalue weighted by Gasteiger charge is 2.37. The van der Waals surface area contributed by atoms with E-state index in [0.29, 0.717) is 0 Å². The largest absolute Gasteiger partial charge is 0.508 e. The van der Waals surface area contributed by atoms with Crippen LogP contribution >= 0.6 is 0 Å². The van der Waals surface area contributed by atoms with Crippen LogP contribution in [0.5, 0.6) is 5.75 Å². The number of hydrogen-bond donors (Lipinski definition) is 2. The Morgan fingerprint density at radius 1 is 1.30 bits per heavy atom. The lowest BCUT2D eigenvalue weighted by Crippen LogP contribution is -2.40. The van der Waals surface area contributed by atoms with Crippen molar-refractivity contribution in [3.05, 3.63) is 29.3 Å². The van der Waals surface area contributed by atoms with E-state index in [1.165, 1.54) is 17.5 Å². The third kappa shape index (κ3) is 2.18. The van der Waals surface area contributed by atoms with Crippen LogP contribution in [0.15, 0.2) is 18.2 Å². The number of amides is 2. The average Bonchev–Trinajstić information content (AvgIpc) is 2.67.